The van der Waals surface area contributed by atoms with Gasteiger partial charge in [-0.05, 0) is 42.5 Å². The van der Waals surface area contributed by atoms with Gasteiger partial charge < -0.3 is 8.98 Å². The van der Waals surface area contributed by atoms with Crippen molar-refractivity contribution in [1.82, 2.24) is 24.1 Å². The van der Waals surface area contributed by atoms with Crippen LogP contribution in [0.1, 0.15) is 0 Å². The van der Waals surface area contributed by atoms with Gasteiger partial charge in [0, 0.05) is 43.6 Å². The summed E-state index contributed by atoms with van der Waals surface area (Å²) in [5, 5.41) is 6.66. The molecule has 0 atom stereocenters. The van der Waals surface area contributed by atoms with Crippen molar-refractivity contribution in [3.05, 3.63) is 164 Å². The molecule has 11 rings (SSSR count). The van der Waals surface area contributed by atoms with E-state index in [9.17, 15) is 0 Å². The van der Waals surface area contributed by atoms with Crippen molar-refractivity contribution in [2.75, 3.05) is 0 Å². The molecular formula is C45H27N5O. The lowest BCUT2D eigenvalue weighted by molar-refractivity contribution is 0.669. The van der Waals surface area contributed by atoms with Gasteiger partial charge in [0.15, 0.2) is 11.6 Å². The Morgan fingerprint density at radius 1 is 0.412 bits per heavy atom. The predicted octanol–water partition coefficient (Wildman–Crippen LogP) is 11.3. The van der Waals surface area contributed by atoms with Crippen molar-refractivity contribution < 1.29 is 4.42 Å². The summed E-state index contributed by atoms with van der Waals surface area (Å²) in [6.07, 6.45) is 0. The van der Waals surface area contributed by atoms with Crippen molar-refractivity contribution >= 4 is 65.6 Å². The summed E-state index contributed by atoms with van der Waals surface area (Å²) >= 11 is 0. The molecule has 0 amide bonds. The van der Waals surface area contributed by atoms with Crippen LogP contribution in [-0.2, 0) is 0 Å². The molecule has 6 nitrogen and oxygen atoms in total. The lowest BCUT2D eigenvalue weighted by Crippen LogP contribution is -2.06. The summed E-state index contributed by atoms with van der Waals surface area (Å²) in [4.78, 5) is 15.7. The Hall–Kier alpha value is -7.05. The third kappa shape index (κ3) is 4.07. The fraction of sp³-hybridized carbons (Fsp3) is 0. The molecule has 0 radical (unpaired) electrons. The van der Waals surface area contributed by atoms with Gasteiger partial charge in [-0.2, -0.15) is 9.97 Å². The third-order valence-corrected chi connectivity index (χ3v) is 9.99. The van der Waals surface area contributed by atoms with E-state index in [-0.39, 0.29) is 0 Å². The third-order valence-electron chi connectivity index (χ3n) is 9.99. The van der Waals surface area contributed by atoms with E-state index in [0.717, 1.165) is 82.4 Å². The lowest BCUT2D eigenvalue weighted by atomic mass is 10.1. The number of nitrogens with zero attached hydrogens (tertiary/aromatic N) is 5. The minimum Gasteiger partial charge on any atom is -0.455 e. The zero-order chi connectivity index (χ0) is 33.5. The van der Waals surface area contributed by atoms with Crippen LogP contribution in [0.25, 0.3) is 100.0 Å². The summed E-state index contributed by atoms with van der Waals surface area (Å²) in [5.74, 6) is 1.68. The highest BCUT2D eigenvalue weighted by atomic mass is 16.3. The molecule has 238 valence electrons. The summed E-state index contributed by atoms with van der Waals surface area (Å²) in [7, 11) is 0. The highest BCUT2D eigenvalue weighted by Gasteiger charge is 2.24. The first-order valence-corrected chi connectivity index (χ1v) is 17.0. The first kappa shape index (κ1) is 27.9. The summed E-state index contributed by atoms with van der Waals surface area (Å²) in [6, 6.07) is 56.6. The van der Waals surface area contributed by atoms with Gasteiger partial charge in [-0.15, -0.1) is 0 Å². The van der Waals surface area contributed by atoms with E-state index >= 15 is 0 Å². The molecule has 0 fully saturated rings. The van der Waals surface area contributed by atoms with Crippen LogP contribution >= 0.6 is 0 Å². The Morgan fingerprint density at radius 3 is 1.88 bits per heavy atom. The Labute approximate surface area is 291 Å². The van der Waals surface area contributed by atoms with E-state index < -0.39 is 0 Å². The van der Waals surface area contributed by atoms with Crippen LogP contribution in [0.15, 0.2) is 168 Å². The molecule has 7 aromatic carbocycles. The van der Waals surface area contributed by atoms with Gasteiger partial charge in [0.1, 0.15) is 11.2 Å². The molecule has 51 heavy (non-hydrogen) atoms. The Kier molecular flexibility index (Phi) is 5.86. The maximum Gasteiger partial charge on any atom is 0.238 e. The fourth-order valence-electron chi connectivity index (χ4n) is 7.80. The smallest absolute Gasteiger partial charge is 0.238 e. The Bertz CT molecular complexity index is 3140. The molecule has 0 saturated heterocycles. The predicted molar refractivity (Wildman–Crippen MR) is 207 cm³/mol. The number of fused-ring (bicyclic) bond motifs is 10. The molecule has 11 aromatic rings. The van der Waals surface area contributed by atoms with Crippen molar-refractivity contribution in [2.24, 2.45) is 0 Å². The van der Waals surface area contributed by atoms with Gasteiger partial charge in [-0.3, -0.25) is 4.57 Å². The van der Waals surface area contributed by atoms with Crippen LogP contribution in [0.3, 0.4) is 0 Å². The van der Waals surface area contributed by atoms with Gasteiger partial charge in [0.05, 0.1) is 27.6 Å². The first-order valence-electron chi connectivity index (χ1n) is 17.0. The largest absolute Gasteiger partial charge is 0.455 e. The van der Waals surface area contributed by atoms with Crippen molar-refractivity contribution in [2.45, 2.75) is 0 Å². The maximum atomic E-state index is 6.50. The second kappa shape index (κ2) is 10.7. The molecular weight excluding hydrogens is 627 g/mol. The molecule has 0 bridgehead atoms. The monoisotopic (exact) mass is 653 g/mol. The van der Waals surface area contributed by atoms with Crippen LogP contribution < -0.4 is 0 Å². The van der Waals surface area contributed by atoms with Crippen LogP contribution in [0.5, 0.6) is 0 Å². The molecule has 4 heterocycles. The normalized spacial score (nSPS) is 11.9. The molecule has 4 aromatic heterocycles. The number of furan rings is 1. The van der Waals surface area contributed by atoms with E-state index in [0.29, 0.717) is 17.6 Å². The van der Waals surface area contributed by atoms with Crippen LogP contribution in [-0.4, -0.2) is 24.1 Å². The number of hydrogen-bond acceptors (Lipinski definition) is 4. The summed E-state index contributed by atoms with van der Waals surface area (Å²) in [6.45, 7) is 0. The fourth-order valence-corrected chi connectivity index (χ4v) is 7.80. The van der Waals surface area contributed by atoms with Crippen LogP contribution in [0.4, 0.5) is 0 Å². The summed E-state index contributed by atoms with van der Waals surface area (Å²) < 4.78 is 11.1. The average molecular weight is 654 g/mol. The second-order valence-corrected chi connectivity index (χ2v) is 12.8. The van der Waals surface area contributed by atoms with E-state index in [1.165, 1.54) is 0 Å². The first-order chi connectivity index (χ1) is 25.3. The minimum atomic E-state index is 0.544. The minimum absolute atomic E-state index is 0.544. The highest BCUT2D eigenvalue weighted by Crippen LogP contribution is 2.42. The van der Waals surface area contributed by atoms with E-state index in [2.05, 4.69) is 112 Å². The molecule has 0 N–H and O–H groups in total. The quantitative estimate of drug-likeness (QED) is 0.190. The molecule has 0 aliphatic heterocycles. The molecule has 0 spiro atoms. The van der Waals surface area contributed by atoms with Gasteiger partial charge in [0.2, 0.25) is 5.95 Å². The van der Waals surface area contributed by atoms with E-state index in [1.54, 1.807) is 0 Å². The van der Waals surface area contributed by atoms with E-state index in [4.69, 9.17) is 19.4 Å². The zero-order valence-electron chi connectivity index (χ0n) is 27.2. The number of hydrogen-bond donors (Lipinski definition) is 0. The van der Waals surface area contributed by atoms with E-state index in [1.807, 2.05) is 60.7 Å². The molecule has 6 heteroatoms. The van der Waals surface area contributed by atoms with Crippen molar-refractivity contribution in [3.63, 3.8) is 0 Å². The van der Waals surface area contributed by atoms with Crippen molar-refractivity contribution in [3.8, 4) is 34.4 Å². The Balaban J connectivity index is 1.29. The van der Waals surface area contributed by atoms with Crippen LogP contribution in [0, 0.1) is 0 Å². The van der Waals surface area contributed by atoms with Gasteiger partial charge >= 0.3 is 0 Å². The van der Waals surface area contributed by atoms with Gasteiger partial charge in [-0.1, -0.05) is 121 Å². The molecule has 0 saturated carbocycles. The average Bonchev–Trinajstić information content (AvgIpc) is 3.86. The summed E-state index contributed by atoms with van der Waals surface area (Å²) in [5.41, 5.74) is 8.75. The zero-order valence-corrected chi connectivity index (χ0v) is 27.2. The second-order valence-electron chi connectivity index (χ2n) is 12.8. The highest BCUT2D eigenvalue weighted by molar-refractivity contribution is 6.26. The molecule has 0 aliphatic carbocycles. The number of benzene rings is 7. The number of para-hydroxylation sites is 5. The van der Waals surface area contributed by atoms with Gasteiger partial charge in [0.25, 0.3) is 0 Å². The number of rotatable bonds is 4. The number of aromatic nitrogens is 5. The Morgan fingerprint density at radius 2 is 1.06 bits per heavy atom. The molecule has 0 unspecified atom stereocenters. The topological polar surface area (TPSA) is 61.7 Å². The standard InChI is InChI=1S/C45H27N5O/c1-3-14-28(15-4-1)43-46-44(35-22-13-21-33-31-19-9-12-25-39(31)51-42(33)35)48-45(47-43)50-36-23-10-7-18-30(36)32-26-27-38-40(41(32)50)34-20-8-11-24-37(34)49(38)29-16-5-2-6-17-29/h1-27H. The molecule has 0 aliphatic rings. The van der Waals surface area contributed by atoms with Crippen LogP contribution in [0.2, 0.25) is 0 Å². The van der Waals surface area contributed by atoms with Crippen molar-refractivity contribution in [1.29, 1.82) is 0 Å². The van der Waals surface area contributed by atoms with Gasteiger partial charge in [-0.25, -0.2) is 4.98 Å². The SMILES string of the molecule is c1ccc(-c2nc(-c3cccc4c3oc3ccccc34)nc(-n3c4ccccc4c4ccc5c(c6ccccc6n5-c5ccccc5)c43)n2)cc1. The maximum absolute atomic E-state index is 6.50. The lowest BCUT2D eigenvalue weighted by Gasteiger charge is -2.12.